The normalized spacial score (nSPS) is 22.4. The third-order valence-corrected chi connectivity index (χ3v) is 3.18. The number of halogens is 1. The number of anilines is 1. The van der Waals surface area contributed by atoms with Crippen LogP contribution in [0, 0.1) is 6.92 Å². The van der Waals surface area contributed by atoms with Gasteiger partial charge >= 0.3 is 0 Å². The van der Waals surface area contributed by atoms with Crippen LogP contribution in [0.4, 0.5) is 5.95 Å². The number of piperidine rings is 1. The molecular formula is C10H14BrN3. The van der Waals surface area contributed by atoms with Crippen LogP contribution in [0.5, 0.6) is 0 Å². The minimum Gasteiger partial charge on any atom is -0.340 e. The van der Waals surface area contributed by atoms with Crippen LogP contribution in [0.15, 0.2) is 12.3 Å². The van der Waals surface area contributed by atoms with Crippen LogP contribution in [0.2, 0.25) is 0 Å². The average molecular weight is 256 g/mol. The van der Waals surface area contributed by atoms with E-state index in [1.807, 2.05) is 19.2 Å². The van der Waals surface area contributed by atoms with Gasteiger partial charge in [-0.3, -0.25) is 0 Å². The molecule has 0 aromatic carbocycles. The van der Waals surface area contributed by atoms with Gasteiger partial charge in [-0.25, -0.2) is 9.97 Å². The van der Waals surface area contributed by atoms with Gasteiger partial charge in [-0.15, -0.1) is 0 Å². The van der Waals surface area contributed by atoms with Crippen LogP contribution < -0.4 is 4.90 Å². The Hall–Kier alpha value is -0.640. The number of nitrogens with zero attached hydrogens (tertiary/aromatic N) is 3. The quantitative estimate of drug-likeness (QED) is 0.721. The highest BCUT2D eigenvalue weighted by atomic mass is 79.9. The highest BCUT2D eigenvalue weighted by molar-refractivity contribution is 9.09. The van der Waals surface area contributed by atoms with E-state index < -0.39 is 0 Å². The number of alkyl halides is 1. The summed E-state index contributed by atoms with van der Waals surface area (Å²) in [6.07, 6.45) is 4.30. The van der Waals surface area contributed by atoms with Gasteiger partial charge in [-0.05, 0) is 25.8 Å². The number of aromatic nitrogens is 2. The van der Waals surface area contributed by atoms with Gasteiger partial charge in [-0.2, -0.15) is 0 Å². The van der Waals surface area contributed by atoms with Crippen molar-refractivity contribution in [1.29, 1.82) is 0 Å². The van der Waals surface area contributed by atoms with E-state index in [0.29, 0.717) is 4.83 Å². The smallest absolute Gasteiger partial charge is 0.225 e. The van der Waals surface area contributed by atoms with Crippen LogP contribution >= 0.6 is 15.9 Å². The van der Waals surface area contributed by atoms with E-state index in [1.165, 1.54) is 12.8 Å². The molecule has 1 saturated heterocycles. The molecule has 1 aliphatic rings. The van der Waals surface area contributed by atoms with Crippen LogP contribution in [0.1, 0.15) is 18.5 Å². The van der Waals surface area contributed by atoms with Crippen LogP contribution in [-0.2, 0) is 0 Å². The van der Waals surface area contributed by atoms with Gasteiger partial charge in [0, 0.05) is 29.8 Å². The summed E-state index contributed by atoms with van der Waals surface area (Å²) in [5.74, 6) is 0.870. The van der Waals surface area contributed by atoms with E-state index in [9.17, 15) is 0 Å². The Morgan fingerprint density at radius 3 is 3.14 bits per heavy atom. The molecule has 0 aliphatic carbocycles. The Morgan fingerprint density at radius 1 is 1.57 bits per heavy atom. The summed E-state index contributed by atoms with van der Waals surface area (Å²) in [5.41, 5.74) is 1.03. The lowest BCUT2D eigenvalue weighted by atomic mass is 10.1. The summed E-state index contributed by atoms with van der Waals surface area (Å²) in [6.45, 7) is 4.09. The predicted octanol–water partition coefficient (Wildman–Crippen LogP) is 2.15. The summed E-state index contributed by atoms with van der Waals surface area (Å²) in [5, 5.41) is 0. The van der Waals surface area contributed by atoms with E-state index in [0.717, 1.165) is 24.7 Å². The summed E-state index contributed by atoms with van der Waals surface area (Å²) >= 11 is 3.65. The Balaban J connectivity index is 2.14. The zero-order valence-electron chi connectivity index (χ0n) is 8.28. The van der Waals surface area contributed by atoms with E-state index in [1.54, 1.807) is 0 Å². The lowest BCUT2D eigenvalue weighted by Crippen LogP contribution is -2.36. The molecule has 2 heterocycles. The summed E-state index contributed by atoms with van der Waals surface area (Å²) in [6, 6.07) is 1.93. The highest BCUT2D eigenvalue weighted by Gasteiger charge is 2.19. The standard InChI is InChI=1S/C10H14BrN3/c1-8-4-5-12-10(13-8)14-6-2-3-9(11)7-14/h4-5,9H,2-3,6-7H2,1H3. The molecule has 0 bridgehead atoms. The second kappa shape index (κ2) is 4.26. The van der Waals surface area contributed by atoms with E-state index in [2.05, 4.69) is 30.8 Å². The molecule has 1 aromatic rings. The van der Waals surface area contributed by atoms with E-state index >= 15 is 0 Å². The largest absolute Gasteiger partial charge is 0.340 e. The minimum absolute atomic E-state index is 0.584. The molecule has 0 N–H and O–H groups in total. The van der Waals surface area contributed by atoms with Crippen molar-refractivity contribution in [1.82, 2.24) is 9.97 Å². The fourth-order valence-electron chi connectivity index (χ4n) is 1.70. The molecule has 3 nitrogen and oxygen atoms in total. The van der Waals surface area contributed by atoms with Gasteiger partial charge in [-0.1, -0.05) is 15.9 Å². The maximum Gasteiger partial charge on any atom is 0.225 e. The Morgan fingerprint density at radius 2 is 2.43 bits per heavy atom. The molecule has 1 fully saturated rings. The summed E-state index contributed by atoms with van der Waals surface area (Å²) < 4.78 is 0. The van der Waals surface area contributed by atoms with Gasteiger partial charge in [0.2, 0.25) is 5.95 Å². The molecule has 1 aromatic heterocycles. The second-order valence-electron chi connectivity index (χ2n) is 3.68. The lowest BCUT2D eigenvalue weighted by Gasteiger charge is -2.29. The molecule has 4 heteroatoms. The van der Waals surface area contributed by atoms with Crippen molar-refractivity contribution in [2.75, 3.05) is 18.0 Å². The Kier molecular flexibility index (Phi) is 3.01. The molecule has 2 rings (SSSR count). The molecule has 0 radical (unpaired) electrons. The zero-order chi connectivity index (χ0) is 9.97. The second-order valence-corrected chi connectivity index (χ2v) is 4.98. The van der Waals surface area contributed by atoms with Crippen molar-refractivity contribution in [3.05, 3.63) is 18.0 Å². The van der Waals surface area contributed by atoms with Crippen LogP contribution in [0.25, 0.3) is 0 Å². The van der Waals surface area contributed by atoms with Crippen molar-refractivity contribution in [3.8, 4) is 0 Å². The van der Waals surface area contributed by atoms with Crippen molar-refractivity contribution in [3.63, 3.8) is 0 Å². The lowest BCUT2D eigenvalue weighted by molar-refractivity contribution is 0.585. The molecule has 1 unspecified atom stereocenters. The van der Waals surface area contributed by atoms with Gasteiger partial charge < -0.3 is 4.90 Å². The first kappa shape index (κ1) is 9.90. The maximum atomic E-state index is 4.43. The summed E-state index contributed by atoms with van der Waals surface area (Å²) in [4.78, 5) is 11.5. The third-order valence-electron chi connectivity index (χ3n) is 2.43. The monoisotopic (exact) mass is 255 g/mol. The molecule has 1 aliphatic heterocycles. The molecule has 14 heavy (non-hydrogen) atoms. The molecule has 76 valence electrons. The highest BCUT2D eigenvalue weighted by Crippen LogP contribution is 2.20. The first-order chi connectivity index (χ1) is 6.75. The molecule has 1 atom stereocenters. The first-order valence-corrected chi connectivity index (χ1v) is 5.86. The Labute approximate surface area is 92.7 Å². The molecular weight excluding hydrogens is 242 g/mol. The molecule has 0 saturated carbocycles. The van der Waals surface area contributed by atoms with Crippen molar-refractivity contribution in [2.45, 2.75) is 24.6 Å². The van der Waals surface area contributed by atoms with Gasteiger partial charge in [0.1, 0.15) is 0 Å². The van der Waals surface area contributed by atoms with E-state index in [-0.39, 0.29) is 0 Å². The topological polar surface area (TPSA) is 29.0 Å². The third kappa shape index (κ3) is 2.23. The van der Waals surface area contributed by atoms with Gasteiger partial charge in [0.25, 0.3) is 0 Å². The Bertz CT molecular complexity index is 316. The number of hydrogen-bond donors (Lipinski definition) is 0. The van der Waals surface area contributed by atoms with Crippen LogP contribution in [-0.4, -0.2) is 27.9 Å². The summed E-state index contributed by atoms with van der Waals surface area (Å²) in [7, 11) is 0. The number of hydrogen-bond acceptors (Lipinski definition) is 3. The maximum absolute atomic E-state index is 4.43. The van der Waals surface area contributed by atoms with E-state index in [4.69, 9.17) is 0 Å². The van der Waals surface area contributed by atoms with Crippen molar-refractivity contribution in [2.24, 2.45) is 0 Å². The number of rotatable bonds is 1. The van der Waals surface area contributed by atoms with Crippen molar-refractivity contribution < 1.29 is 0 Å². The predicted molar refractivity (Wildman–Crippen MR) is 60.9 cm³/mol. The average Bonchev–Trinajstić information content (AvgIpc) is 2.18. The fourth-order valence-corrected chi connectivity index (χ4v) is 2.37. The van der Waals surface area contributed by atoms with Gasteiger partial charge in [0.05, 0.1) is 0 Å². The SMILES string of the molecule is Cc1ccnc(N2CCCC(Br)C2)n1. The number of aryl methyl sites for hydroxylation is 1. The first-order valence-electron chi connectivity index (χ1n) is 4.94. The molecule has 0 spiro atoms. The fraction of sp³-hybridized carbons (Fsp3) is 0.600. The minimum atomic E-state index is 0.584. The molecule has 0 amide bonds. The van der Waals surface area contributed by atoms with Gasteiger partial charge in [0.15, 0.2) is 0 Å². The zero-order valence-corrected chi connectivity index (χ0v) is 9.87. The van der Waals surface area contributed by atoms with Crippen molar-refractivity contribution >= 4 is 21.9 Å². The van der Waals surface area contributed by atoms with Crippen LogP contribution in [0.3, 0.4) is 0 Å².